The van der Waals surface area contributed by atoms with Crippen LogP contribution >= 0.6 is 35.7 Å². The van der Waals surface area contributed by atoms with Crippen LogP contribution < -0.4 is 11.1 Å². The van der Waals surface area contributed by atoms with Gasteiger partial charge in [0.15, 0.2) is 5.96 Å². The molecule has 112 valence electrons. The number of aryl methyl sites for hydroxylation is 1. The fourth-order valence-electron chi connectivity index (χ4n) is 1.86. The number of nitrogens with one attached hydrogen (secondary N) is 1. The highest BCUT2D eigenvalue weighted by Crippen LogP contribution is 2.22. The molecule has 5 heteroatoms. The molecule has 0 fully saturated rings. The smallest absolute Gasteiger partial charge is 0.193 e. The Morgan fingerprint density at radius 2 is 1.90 bits per heavy atom. The summed E-state index contributed by atoms with van der Waals surface area (Å²) in [5.74, 6) is 0.434. The summed E-state index contributed by atoms with van der Waals surface area (Å²) >= 11 is 1.73. The van der Waals surface area contributed by atoms with Gasteiger partial charge >= 0.3 is 0 Å². The van der Waals surface area contributed by atoms with Crippen molar-refractivity contribution < 1.29 is 0 Å². The van der Waals surface area contributed by atoms with E-state index in [1.807, 2.05) is 30.3 Å². The summed E-state index contributed by atoms with van der Waals surface area (Å²) in [5, 5.41) is 3.08. The minimum Gasteiger partial charge on any atom is -0.370 e. The van der Waals surface area contributed by atoms with Crippen molar-refractivity contribution in [2.75, 3.05) is 11.6 Å². The Bertz CT molecular complexity index is 600. The van der Waals surface area contributed by atoms with E-state index in [1.54, 1.807) is 11.8 Å². The Kier molecular flexibility index (Phi) is 7.60. The summed E-state index contributed by atoms with van der Waals surface area (Å²) in [7, 11) is 0. The van der Waals surface area contributed by atoms with Gasteiger partial charge in [0.25, 0.3) is 0 Å². The van der Waals surface area contributed by atoms with Crippen molar-refractivity contribution in [2.24, 2.45) is 10.7 Å². The first-order chi connectivity index (χ1) is 9.69. The number of para-hydroxylation sites is 1. The van der Waals surface area contributed by atoms with Gasteiger partial charge in [0, 0.05) is 10.6 Å². The topological polar surface area (TPSA) is 50.4 Å². The third-order valence-corrected chi connectivity index (χ3v) is 3.73. The van der Waals surface area contributed by atoms with Crippen LogP contribution in [0.25, 0.3) is 0 Å². The van der Waals surface area contributed by atoms with Crippen LogP contribution in [0.4, 0.5) is 5.69 Å². The maximum absolute atomic E-state index is 5.91. The van der Waals surface area contributed by atoms with E-state index >= 15 is 0 Å². The normalized spacial score (nSPS) is 10.9. The van der Waals surface area contributed by atoms with Gasteiger partial charge in [-0.1, -0.05) is 30.3 Å². The number of thioether (sulfide) groups is 1. The average Bonchev–Trinajstić information content (AvgIpc) is 2.47. The third kappa shape index (κ3) is 5.59. The molecule has 0 aliphatic rings. The molecule has 0 amide bonds. The van der Waals surface area contributed by atoms with E-state index in [4.69, 9.17) is 5.73 Å². The second-order valence-corrected chi connectivity index (χ2v) is 5.36. The van der Waals surface area contributed by atoms with Crippen molar-refractivity contribution in [3.05, 3.63) is 59.7 Å². The van der Waals surface area contributed by atoms with Crippen LogP contribution in [0.15, 0.2) is 58.4 Å². The molecule has 0 heterocycles. The molecule has 0 aliphatic heterocycles. The number of hydrogen-bond donors (Lipinski definition) is 2. The summed E-state index contributed by atoms with van der Waals surface area (Å²) < 4.78 is 0. The van der Waals surface area contributed by atoms with Crippen LogP contribution in [-0.4, -0.2) is 12.2 Å². The fourth-order valence-corrected chi connectivity index (χ4v) is 2.56. The molecular formula is C16H20IN3S. The zero-order valence-electron chi connectivity index (χ0n) is 12.2. The zero-order chi connectivity index (χ0) is 14.4. The largest absolute Gasteiger partial charge is 0.370 e. The van der Waals surface area contributed by atoms with E-state index in [-0.39, 0.29) is 24.0 Å². The van der Waals surface area contributed by atoms with Gasteiger partial charge < -0.3 is 11.1 Å². The Balaban J connectivity index is 0.00000220. The van der Waals surface area contributed by atoms with Crippen molar-refractivity contribution in [1.82, 2.24) is 0 Å². The number of aliphatic imine (C=N–C) groups is 1. The molecule has 2 rings (SSSR count). The van der Waals surface area contributed by atoms with Crippen molar-refractivity contribution in [3.63, 3.8) is 0 Å². The highest BCUT2D eigenvalue weighted by Gasteiger charge is 2.01. The molecule has 0 atom stereocenters. The average molecular weight is 413 g/mol. The lowest BCUT2D eigenvalue weighted by atomic mass is 10.1. The summed E-state index contributed by atoms with van der Waals surface area (Å²) in [6.07, 6.45) is 2.08. The lowest BCUT2D eigenvalue weighted by Crippen LogP contribution is -2.22. The lowest BCUT2D eigenvalue weighted by Gasteiger charge is -2.08. The molecule has 0 aromatic heterocycles. The standard InChI is InChI=1S/C16H19N3S.HI/c1-12-8-9-13(15(10-12)20-2)11-18-16(17)19-14-6-4-3-5-7-14;/h3-10H,11H2,1-2H3,(H3,17,18,19);1H. The number of halogens is 1. The molecule has 0 radical (unpaired) electrons. The number of nitrogens with two attached hydrogens (primary N) is 1. The van der Waals surface area contributed by atoms with Gasteiger partial charge in [0.2, 0.25) is 0 Å². The van der Waals surface area contributed by atoms with Gasteiger partial charge in [-0.2, -0.15) is 0 Å². The minimum atomic E-state index is 0. The van der Waals surface area contributed by atoms with Crippen molar-refractivity contribution >= 4 is 47.4 Å². The highest BCUT2D eigenvalue weighted by atomic mass is 127. The summed E-state index contributed by atoms with van der Waals surface area (Å²) in [6, 6.07) is 16.2. The predicted octanol–water partition coefficient (Wildman–Crippen LogP) is 4.26. The van der Waals surface area contributed by atoms with E-state index in [2.05, 4.69) is 41.7 Å². The summed E-state index contributed by atoms with van der Waals surface area (Å²) in [6.45, 7) is 2.68. The van der Waals surface area contributed by atoms with Crippen molar-refractivity contribution in [2.45, 2.75) is 18.4 Å². The van der Waals surface area contributed by atoms with Gasteiger partial charge in [-0.3, -0.25) is 0 Å². The molecule has 2 aromatic rings. The molecule has 0 spiro atoms. The maximum Gasteiger partial charge on any atom is 0.193 e. The Morgan fingerprint density at radius 1 is 1.19 bits per heavy atom. The van der Waals surface area contributed by atoms with E-state index < -0.39 is 0 Å². The Morgan fingerprint density at radius 3 is 2.57 bits per heavy atom. The minimum absolute atomic E-state index is 0. The predicted molar refractivity (Wildman–Crippen MR) is 104 cm³/mol. The molecular weight excluding hydrogens is 393 g/mol. The maximum atomic E-state index is 5.91. The monoisotopic (exact) mass is 413 g/mol. The molecule has 2 aromatic carbocycles. The van der Waals surface area contributed by atoms with Gasteiger partial charge in [0.1, 0.15) is 0 Å². The van der Waals surface area contributed by atoms with Crippen LogP contribution in [0.3, 0.4) is 0 Å². The zero-order valence-corrected chi connectivity index (χ0v) is 15.3. The quantitative estimate of drug-likeness (QED) is 0.341. The number of benzene rings is 2. The second kappa shape index (κ2) is 8.94. The van der Waals surface area contributed by atoms with E-state index in [9.17, 15) is 0 Å². The number of guanidine groups is 1. The Hall–Kier alpha value is -1.21. The number of nitrogens with zero attached hydrogens (tertiary/aromatic N) is 1. The molecule has 21 heavy (non-hydrogen) atoms. The Labute approximate surface area is 147 Å². The number of hydrogen-bond acceptors (Lipinski definition) is 2. The first-order valence-electron chi connectivity index (χ1n) is 6.44. The number of anilines is 1. The van der Waals surface area contributed by atoms with E-state index in [0.717, 1.165) is 5.69 Å². The summed E-state index contributed by atoms with van der Waals surface area (Å²) in [5.41, 5.74) is 9.31. The van der Waals surface area contributed by atoms with Crippen LogP contribution in [0, 0.1) is 6.92 Å². The first-order valence-corrected chi connectivity index (χ1v) is 7.67. The molecule has 0 bridgehead atoms. The lowest BCUT2D eigenvalue weighted by molar-refractivity contribution is 1.02. The van der Waals surface area contributed by atoms with Gasteiger partial charge in [-0.25, -0.2) is 4.99 Å². The number of rotatable bonds is 4. The van der Waals surface area contributed by atoms with Crippen LogP contribution in [0.5, 0.6) is 0 Å². The van der Waals surface area contributed by atoms with E-state index in [1.165, 1.54) is 16.0 Å². The van der Waals surface area contributed by atoms with Crippen LogP contribution in [0.2, 0.25) is 0 Å². The molecule has 0 unspecified atom stereocenters. The third-order valence-electron chi connectivity index (χ3n) is 2.91. The molecule has 0 saturated heterocycles. The molecule has 0 saturated carbocycles. The van der Waals surface area contributed by atoms with Crippen molar-refractivity contribution in [1.29, 1.82) is 0 Å². The van der Waals surface area contributed by atoms with Gasteiger partial charge in [-0.15, -0.1) is 35.7 Å². The second-order valence-electron chi connectivity index (χ2n) is 4.51. The van der Waals surface area contributed by atoms with Gasteiger partial charge in [-0.05, 0) is 42.5 Å². The van der Waals surface area contributed by atoms with Crippen LogP contribution in [-0.2, 0) is 6.54 Å². The summed E-state index contributed by atoms with van der Waals surface area (Å²) in [4.78, 5) is 5.65. The van der Waals surface area contributed by atoms with Crippen LogP contribution in [0.1, 0.15) is 11.1 Å². The molecule has 3 N–H and O–H groups in total. The molecule has 3 nitrogen and oxygen atoms in total. The first kappa shape index (κ1) is 17.8. The van der Waals surface area contributed by atoms with E-state index in [0.29, 0.717) is 12.5 Å². The fraction of sp³-hybridized carbons (Fsp3) is 0.188. The van der Waals surface area contributed by atoms with Crippen molar-refractivity contribution in [3.8, 4) is 0 Å². The SMILES string of the molecule is CSc1cc(C)ccc1CN=C(N)Nc1ccccc1.I. The highest BCUT2D eigenvalue weighted by molar-refractivity contribution is 14.0. The molecule has 0 aliphatic carbocycles. The van der Waals surface area contributed by atoms with Gasteiger partial charge in [0.05, 0.1) is 6.54 Å².